The van der Waals surface area contributed by atoms with Gasteiger partial charge >= 0.3 is 0 Å². The molecule has 0 spiro atoms. The minimum atomic E-state index is -0.408. The Morgan fingerprint density at radius 1 is 1.11 bits per heavy atom. The van der Waals surface area contributed by atoms with Gasteiger partial charge in [0.05, 0.1) is 23.3 Å². The Kier molecular flexibility index (Phi) is 5.38. The first-order chi connectivity index (χ1) is 17.7. The van der Waals surface area contributed by atoms with Gasteiger partial charge < -0.3 is 29.8 Å². The van der Waals surface area contributed by atoms with E-state index in [4.69, 9.17) is 15.2 Å². The van der Waals surface area contributed by atoms with Crippen LogP contribution in [-0.2, 0) is 4.74 Å². The maximum Gasteiger partial charge on any atom is 0.289 e. The molecule has 2 aliphatic rings. The fraction of sp³-hybridized carbons (Fsp3) is 0.250. The number of aryl methyl sites for hydroxylation is 2. The van der Waals surface area contributed by atoms with Crippen LogP contribution in [0.25, 0.3) is 5.65 Å². The lowest BCUT2D eigenvalue weighted by Crippen LogP contribution is -2.35. The highest BCUT2D eigenvalue weighted by Crippen LogP contribution is 2.37. The third-order valence-corrected chi connectivity index (χ3v) is 6.42. The van der Waals surface area contributed by atoms with Crippen LogP contribution in [0.2, 0.25) is 0 Å². The number of ether oxygens (including phenoxy) is 2. The number of fused-ring (bicyclic) bond motifs is 2. The van der Waals surface area contributed by atoms with E-state index in [1.165, 1.54) is 0 Å². The van der Waals surface area contributed by atoms with Crippen molar-refractivity contribution in [3.8, 4) is 11.5 Å². The zero-order valence-electron chi connectivity index (χ0n) is 21.3. The Labute approximate surface area is 215 Å². The highest BCUT2D eigenvalue weighted by Gasteiger charge is 2.27. The molecule has 0 saturated heterocycles. The molecule has 188 valence electrons. The minimum Gasteiger partial charge on any atom is -0.462 e. The quantitative estimate of drug-likeness (QED) is 0.390. The van der Waals surface area contributed by atoms with Crippen LogP contribution in [0.5, 0.6) is 11.5 Å². The number of anilines is 2. The maximum atomic E-state index is 6.71. The van der Waals surface area contributed by atoms with Gasteiger partial charge in [-0.1, -0.05) is 0 Å². The summed E-state index contributed by atoms with van der Waals surface area (Å²) < 4.78 is 13.8. The van der Waals surface area contributed by atoms with E-state index in [1.807, 2.05) is 91.9 Å². The van der Waals surface area contributed by atoms with Crippen molar-refractivity contribution >= 4 is 35.1 Å². The third kappa shape index (κ3) is 4.49. The van der Waals surface area contributed by atoms with Crippen molar-refractivity contribution in [1.82, 2.24) is 9.38 Å². The smallest absolute Gasteiger partial charge is 0.289 e. The van der Waals surface area contributed by atoms with Crippen LogP contribution >= 0.6 is 0 Å². The molecule has 0 fully saturated rings. The highest BCUT2D eigenvalue weighted by molar-refractivity contribution is 5.92. The second-order valence-electron chi connectivity index (χ2n) is 10.1. The van der Waals surface area contributed by atoms with Crippen molar-refractivity contribution in [2.24, 2.45) is 15.7 Å². The van der Waals surface area contributed by atoms with Gasteiger partial charge in [0.25, 0.3) is 6.02 Å². The molecule has 0 bridgehead atoms. The van der Waals surface area contributed by atoms with Gasteiger partial charge in [-0.2, -0.15) is 0 Å². The fourth-order valence-corrected chi connectivity index (χ4v) is 4.52. The van der Waals surface area contributed by atoms with Crippen LogP contribution in [0, 0.1) is 13.8 Å². The molecule has 9 heteroatoms. The minimum absolute atomic E-state index is 0.229. The van der Waals surface area contributed by atoms with Gasteiger partial charge in [0, 0.05) is 35.4 Å². The second-order valence-corrected chi connectivity index (χ2v) is 10.1. The molecule has 2 aliphatic heterocycles. The summed E-state index contributed by atoms with van der Waals surface area (Å²) in [7, 11) is 0. The maximum absolute atomic E-state index is 6.71. The number of amidine groups is 1. The van der Waals surface area contributed by atoms with Crippen LogP contribution in [0.3, 0.4) is 0 Å². The van der Waals surface area contributed by atoms with E-state index in [-0.39, 0.29) is 5.54 Å². The first-order valence-corrected chi connectivity index (χ1v) is 12.2. The molecule has 0 aliphatic carbocycles. The summed E-state index contributed by atoms with van der Waals surface area (Å²) in [5, 5.41) is 3.25. The highest BCUT2D eigenvalue weighted by atomic mass is 16.5. The topological polar surface area (TPSA) is 102 Å². The first kappa shape index (κ1) is 23.1. The number of nitrogens with two attached hydrogens (primary N) is 1. The molecule has 2 aromatic carbocycles. The van der Waals surface area contributed by atoms with Crippen LogP contribution in [0.4, 0.5) is 17.1 Å². The number of nitrogens with zero attached hydrogens (tertiary/aromatic N) is 5. The van der Waals surface area contributed by atoms with E-state index in [2.05, 4.69) is 26.4 Å². The molecular weight excluding hydrogens is 466 g/mol. The van der Waals surface area contributed by atoms with Crippen LogP contribution in [-0.4, -0.2) is 33.9 Å². The zero-order valence-corrected chi connectivity index (χ0v) is 21.3. The summed E-state index contributed by atoms with van der Waals surface area (Å²) in [5.41, 5.74) is 12.8. The molecule has 4 aromatic rings. The molecule has 0 saturated carbocycles. The largest absolute Gasteiger partial charge is 0.462 e. The van der Waals surface area contributed by atoms with E-state index in [1.54, 1.807) is 6.34 Å². The first-order valence-electron chi connectivity index (χ1n) is 12.2. The summed E-state index contributed by atoms with van der Waals surface area (Å²) in [5.74, 6) is 1.50. The van der Waals surface area contributed by atoms with E-state index < -0.39 is 6.17 Å². The predicted molar refractivity (Wildman–Crippen MR) is 146 cm³/mol. The van der Waals surface area contributed by atoms with Crippen molar-refractivity contribution in [2.45, 2.75) is 39.4 Å². The standard InChI is InChI=1S/C28H29N7O2/c1-17-11-20(6-8-24(17)37-21-9-10-34-14-18(2)31-25(34)13-21)35-16-30-23-7-5-19(12-22(23)26(35)29)32-27-33-28(3,4)15-36-27/h5-14,16,26H,15,29H2,1-4H3,(H,32,33). The summed E-state index contributed by atoms with van der Waals surface area (Å²) in [6.07, 6.45) is 5.30. The predicted octanol–water partition coefficient (Wildman–Crippen LogP) is 5.46. The lowest BCUT2D eigenvalue weighted by molar-refractivity contribution is 0.278. The van der Waals surface area contributed by atoms with Gasteiger partial charge in [0.15, 0.2) is 0 Å². The number of pyridine rings is 1. The monoisotopic (exact) mass is 495 g/mol. The van der Waals surface area contributed by atoms with Crippen LogP contribution in [0.15, 0.2) is 70.9 Å². The Hall–Kier alpha value is -4.37. The molecule has 4 heterocycles. The number of aromatic nitrogens is 2. The van der Waals surface area contributed by atoms with Crippen molar-refractivity contribution in [3.05, 3.63) is 77.7 Å². The Morgan fingerprint density at radius 3 is 2.76 bits per heavy atom. The van der Waals surface area contributed by atoms with Crippen molar-refractivity contribution in [3.63, 3.8) is 0 Å². The Morgan fingerprint density at radius 2 is 1.97 bits per heavy atom. The van der Waals surface area contributed by atoms with Crippen molar-refractivity contribution < 1.29 is 9.47 Å². The average molecular weight is 496 g/mol. The Balaban J connectivity index is 1.21. The molecule has 0 radical (unpaired) electrons. The summed E-state index contributed by atoms with van der Waals surface area (Å²) in [6.45, 7) is 8.61. The molecule has 0 amide bonds. The summed E-state index contributed by atoms with van der Waals surface area (Å²) in [4.78, 5) is 15.7. The van der Waals surface area contributed by atoms with Gasteiger partial charge in [-0.25, -0.2) is 15.0 Å². The zero-order chi connectivity index (χ0) is 25.7. The van der Waals surface area contributed by atoms with E-state index in [9.17, 15) is 0 Å². The van der Waals surface area contributed by atoms with Crippen LogP contribution < -0.4 is 20.7 Å². The second kappa shape index (κ2) is 8.63. The number of rotatable bonds is 4. The number of benzene rings is 2. The number of hydrogen-bond acceptors (Lipinski definition) is 8. The van der Waals surface area contributed by atoms with Gasteiger partial charge in [-0.3, -0.25) is 0 Å². The molecule has 37 heavy (non-hydrogen) atoms. The van der Waals surface area contributed by atoms with Crippen molar-refractivity contribution in [1.29, 1.82) is 0 Å². The van der Waals surface area contributed by atoms with Gasteiger partial charge in [0.1, 0.15) is 29.9 Å². The van der Waals surface area contributed by atoms with E-state index in [0.29, 0.717) is 12.6 Å². The molecule has 1 unspecified atom stereocenters. The SMILES string of the molecule is Cc1cn2ccc(Oc3ccc(N4C=Nc5ccc(NC6=NC(C)(C)CO6)cc5C4N)cc3C)cc2n1. The lowest BCUT2D eigenvalue weighted by atomic mass is 10.1. The van der Waals surface area contributed by atoms with Gasteiger partial charge in [0.2, 0.25) is 0 Å². The number of nitrogens with one attached hydrogen (secondary N) is 1. The fourth-order valence-electron chi connectivity index (χ4n) is 4.52. The average Bonchev–Trinajstić information content (AvgIpc) is 3.40. The third-order valence-electron chi connectivity index (χ3n) is 6.42. The summed E-state index contributed by atoms with van der Waals surface area (Å²) in [6, 6.07) is 16.3. The Bertz CT molecular complexity index is 1570. The number of imidazole rings is 1. The molecule has 9 nitrogen and oxygen atoms in total. The van der Waals surface area contributed by atoms with Gasteiger partial charge in [-0.15, -0.1) is 0 Å². The lowest BCUT2D eigenvalue weighted by Gasteiger charge is -2.31. The van der Waals surface area contributed by atoms with Gasteiger partial charge in [-0.05, 0) is 75.7 Å². The van der Waals surface area contributed by atoms with E-state index >= 15 is 0 Å². The molecular formula is C28H29N7O2. The molecule has 3 N–H and O–H groups in total. The molecule has 6 rings (SSSR count). The summed E-state index contributed by atoms with van der Waals surface area (Å²) >= 11 is 0. The normalized spacial score (nSPS) is 17.9. The number of aliphatic imine (C=N–C) groups is 2. The number of hydrogen-bond donors (Lipinski definition) is 2. The molecule has 2 aromatic heterocycles. The van der Waals surface area contributed by atoms with Crippen molar-refractivity contribution in [2.75, 3.05) is 16.8 Å². The molecule has 1 atom stereocenters. The van der Waals surface area contributed by atoms with E-state index in [0.717, 1.165) is 51.0 Å². The van der Waals surface area contributed by atoms with Crippen LogP contribution in [0.1, 0.15) is 36.8 Å².